The van der Waals surface area contributed by atoms with Crippen molar-refractivity contribution in [3.8, 4) is 11.4 Å². The third-order valence-electron chi connectivity index (χ3n) is 4.08. The van der Waals surface area contributed by atoms with Crippen LogP contribution in [0.4, 0.5) is 8.78 Å². The van der Waals surface area contributed by atoms with E-state index in [2.05, 4.69) is 26.0 Å². The molecule has 0 aliphatic heterocycles. The first-order valence-electron chi connectivity index (χ1n) is 8.29. The zero-order valence-electron chi connectivity index (χ0n) is 14.3. The van der Waals surface area contributed by atoms with Crippen molar-refractivity contribution in [2.75, 3.05) is 0 Å². The van der Waals surface area contributed by atoms with Gasteiger partial charge in [-0.25, -0.2) is 13.8 Å². The highest BCUT2D eigenvalue weighted by Crippen LogP contribution is 2.21. The summed E-state index contributed by atoms with van der Waals surface area (Å²) in [6.07, 6.45) is 1.38. The lowest BCUT2D eigenvalue weighted by Gasteiger charge is -2.09. The number of benzene rings is 3. The van der Waals surface area contributed by atoms with Crippen molar-refractivity contribution in [3.05, 3.63) is 98.8 Å². The Morgan fingerprint density at radius 3 is 2.50 bits per heavy atom. The lowest BCUT2D eigenvalue weighted by atomic mass is 10.2. The smallest absolute Gasteiger partial charge is 0.267 e. The SMILES string of the molecule is O=c1c2cc(Br)ccc2nc(-c2ccc(F)cc2)n1N=Cc1cccc(F)c1. The molecule has 0 saturated heterocycles. The van der Waals surface area contributed by atoms with Crippen LogP contribution in [0.25, 0.3) is 22.3 Å². The lowest BCUT2D eigenvalue weighted by molar-refractivity contribution is 0.627. The van der Waals surface area contributed by atoms with Gasteiger partial charge in [-0.1, -0.05) is 28.1 Å². The molecule has 138 valence electrons. The van der Waals surface area contributed by atoms with Crippen molar-refractivity contribution in [2.45, 2.75) is 0 Å². The van der Waals surface area contributed by atoms with E-state index in [4.69, 9.17) is 0 Å². The molecule has 4 nitrogen and oxygen atoms in total. The van der Waals surface area contributed by atoms with Crippen LogP contribution in [0.15, 0.2) is 81.1 Å². The predicted octanol–water partition coefficient (Wildman–Crippen LogP) is 4.99. The molecular formula is C21H12BrF2N3O. The molecular weight excluding hydrogens is 428 g/mol. The fourth-order valence-corrected chi connectivity index (χ4v) is 3.11. The van der Waals surface area contributed by atoms with Crippen molar-refractivity contribution in [2.24, 2.45) is 5.10 Å². The van der Waals surface area contributed by atoms with Gasteiger partial charge in [-0.2, -0.15) is 9.78 Å². The van der Waals surface area contributed by atoms with E-state index >= 15 is 0 Å². The first-order chi connectivity index (χ1) is 13.5. The minimum Gasteiger partial charge on any atom is -0.267 e. The summed E-state index contributed by atoms with van der Waals surface area (Å²) in [5.74, 6) is -0.547. The van der Waals surface area contributed by atoms with Gasteiger partial charge in [0.05, 0.1) is 17.1 Å². The minimum atomic E-state index is -0.407. The summed E-state index contributed by atoms with van der Waals surface area (Å²) in [4.78, 5) is 17.6. The van der Waals surface area contributed by atoms with Crippen LogP contribution in [-0.4, -0.2) is 15.9 Å². The summed E-state index contributed by atoms with van der Waals surface area (Å²) >= 11 is 3.35. The monoisotopic (exact) mass is 439 g/mol. The average molecular weight is 440 g/mol. The van der Waals surface area contributed by atoms with Crippen LogP contribution in [0, 0.1) is 11.6 Å². The van der Waals surface area contributed by atoms with E-state index in [0.29, 0.717) is 22.0 Å². The summed E-state index contributed by atoms with van der Waals surface area (Å²) in [6.45, 7) is 0. The van der Waals surface area contributed by atoms with Gasteiger partial charge in [0.1, 0.15) is 11.6 Å². The summed E-state index contributed by atoms with van der Waals surface area (Å²) in [5, 5.41) is 4.61. The molecule has 4 aromatic rings. The number of aromatic nitrogens is 2. The van der Waals surface area contributed by atoms with Gasteiger partial charge in [-0.3, -0.25) is 4.79 Å². The number of hydrogen-bond acceptors (Lipinski definition) is 3. The molecule has 1 aromatic heterocycles. The number of hydrogen-bond donors (Lipinski definition) is 0. The summed E-state index contributed by atoms with van der Waals surface area (Å²) in [7, 11) is 0. The molecule has 0 N–H and O–H groups in total. The van der Waals surface area contributed by atoms with Crippen LogP contribution in [-0.2, 0) is 0 Å². The van der Waals surface area contributed by atoms with E-state index in [9.17, 15) is 13.6 Å². The van der Waals surface area contributed by atoms with Gasteiger partial charge in [-0.05, 0) is 60.2 Å². The Bertz CT molecular complexity index is 1270. The van der Waals surface area contributed by atoms with E-state index in [1.165, 1.54) is 42.6 Å². The van der Waals surface area contributed by atoms with Crippen molar-refractivity contribution < 1.29 is 8.78 Å². The highest BCUT2D eigenvalue weighted by Gasteiger charge is 2.13. The van der Waals surface area contributed by atoms with Crippen molar-refractivity contribution in [1.82, 2.24) is 9.66 Å². The Hall–Kier alpha value is -3.19. The molecule has 1 heterocycles. The lowest BCUT2D eigenvalue weighted by Crippen LogP contribution is -2.20. The highest BCUT2D eigenvalue weighted by molar-refractivity contribution is 9.10. The fourth-order valence-electron chi connectivity index (χ4n) is 2.75. The van der Waals surface area contributed by atoms with E-state index in [-0.39, 0.29) is 5.82 Å². The second-order valence-electron chi connectivity index (χ2n) is 6.02. The molecule has 0 radical (unpaired) electrons. The quantitative estimate of drug-likeness (QED) is 0.422. The van der Waals surface area contributed by atoms with Crippen LogP contribution in [0.5, 0.6) is 0 Å². The standard InChI is InChI=1S/C21H12BrF2N3O/c22-15-6-9-19-18(11-15)21(28)27(25-12-13-2-1-3-17(24)10-13)20(26-19)14-4-7-16(23)8-5-14/h1-12H. The van der Waals surface area contributed by atoms with Crippen LogP contribution in [0.2, 0.25) is 0 Å². The van der Waals surface area contributed by atoms with Crippen LogP contribution >= 0.6 is 15.9 Å². The number of rotatable bonds is 3. The summed E-state index contributed by atoms with van der Waals surface area (Å²) in [6, 6.07) is 16.6. The minimum absolute atomic E-state index is 0.257. The Balaban J connectivity index is 1.95. The first-order valence-corrected chi connectivity index (χ1v) is 9.09. The van der Waals surface area contributed by atoms with Crippen molar-refractivity contribution in [1.29, 1.82) is 0 Å². The first kappa shape index (κ1) is 18.2. The van der Waals surface area contributed by atoms with Gasteiger partial charge in [0.25, 0.3) is 5.56 Å². The molecule has 0 spiro atoms. The van der Waals surface area contributed by atoms with Crippen LogP contribution in [0.3, 0.4) is 0 Å². The van der Waals surface area contributed by atoms with E-state index in [1.54, 1.807) is 30.3 Å². The molecule has 4 rings (SSSR count). The maximum atomic E-state index is 13.4. The fraction of sp³-hybridized carbons (Fsp3) is 0. The second kappa shape index (κ2) is 7.44. The molecule has 0 bridgehead atoms. The zero-order chi connectivity index (χ0) is 19.7. The van der Waals surface area contributed by atoms with E-state index in [0.717, 1.165) is 9.15 Å². The van der Waals surface area contributed by atoms with Crippen LogP contribution in [0.1, 0.15) is 5.56 Å². The van der Waals surface area contributed by atoms with Crippen LogP contribution < -0.4 is 5.56 Å². The highest BCUT2D eigenvalue weighted by atomic mass is 79.9. The number of fused-ring (bicyclic) bond motifs is 1. The average Bonchev–Trinajstić information content (AvgIpc) is 2.68. The van der Waals surface area contributed by atoms with Crippen molar-refractivity contribution in [3.63, 3.8) is 0 Å². The Labute approximate surface area is 166 Å². The maximum Gasteiger partial charge on any atom is 0.282 e. The van der Waals surface area contributed by atoms with Gasteiger partial charge in [0, 0.05) is 10.0 Å². The normalized spacial score (nSPS) is 11.4. The largest absolute Gasteiger partial charge is 0.282 e. The molecule has 7 heteroatoms. The number of nitrogens with zero attached hydrogens (tertiary/aromatic N) is 3. The molecule has 0 unspecified atom stereocenters. The third-order valence-corrected chi connectivity index (χ3v) is 4.57. The summed E-state index contributed by atoms with van der Waals surface area (Å²) < 4.78 is 28.6. The van der Waals surface area contributed by atoms with Gasteiger partial charge in [0.15, 0.2) is 5.82 Å². The molecule has 0 saturated carbocycles. The van der Waals surface area contributed by atoms with Gasteiger partial charge in [0.2, 0.25) is 0 Å². The molecule has 0 amide bonds. The summed E-state index contributed by atoms with van der Waals surface area (Å²) in [5.41, 5.74) is 1.12. The van der Waals surface area contributed by atoms with Gasteiger partial charge < -0.3 is 0 Å². The van der Waals surface area contributed by atoms with Crippen molar-refractivity contribution >= 4 is 33.0 Å². The topological polar surface area (TPSA) is 47.2 Å². The van der Waals surface area contributed by atoms with E-state index < -0.39 is 17.2 Å². The molecule has 3 aromatic carbocycles. The zero-order valence-corrected chi connectivity index (χ0v) is 15.9. The predicted molar refractivity (Wildman–Crippen MR) is 108 cm³/mol. The molecule has 0 aliphatic carbocycles. The number of halogens is 3. The Kier molecular flexibility index (Phi) is 4.83. The van der Waals surface area contributed by atoms with E-state index in [1.807, 2.05) is 0 Å². The molecule has 28 heavy (non-hydrogen) atoms. The third kappa shape index (κ3) is 3.61. The second-order valence-corrected chi connectivity index (χ2v) is 6.94. The Morgan fingerprint density at radius 1 is 0.964 bits per heavy atom. The molecule has 0 aliphatic rings. The Morgan fingerprint density at radius 2 is 1.75 bits per heavy atom. The van der Waals surface area contributed by atoms with Gasteiger partial charge >= 0.3 is 0 Å². The molecule has 0 fully saturated rings. The van der Waals surface area contributed by atoms with Gasteiger partial charge in [-0.15, -0.1) is 0 Å². The maximum absolute atomic E-state index is 13.4. The molecule has 0 atom stereocenters.